The molecule has 3 N–H and O–H groups in total. The van der Waals surface area contributed by atoms with Crippen molar-refractivity contribution in [3.05, 3.63) is 22.1 Å². The van der Waals surface area contributed by atoms with Gasteiger partial charge in [-0.3, -0.25) is 0 Å². The van der Waals surface area contributed by atoms with Gasteiger partial charge in [0.15, 0.2) is 5.82 Å². The van der Waals surface area contributed by atoms with Crippen molar-refractivity contribution < 1.29 is 0 Å². The summed E-state index contributed by atoms with van der Waals surface area (Å²) in [5, 5.41) is 2.97. The number of nitrogens with zero attached hydrogens (tertiary/aromatic N) is 3. The normalized spacial score (nSPS) is 10.5. The third-order valence-electron chi connectivity index (χ3n) is 2.28. The lowest BCUT2D eigenvalue weighted by atomic mass is 10.2. The standard InChI is InChI=1S/C11H15N5S/c1-3-4-8-5-10(16-12)15-11(14-8)9-6-17-7(2)13-9/h5-6H,3-4,12H2,1-2H3,(H,14,15,16). The molecule has 90 valence electrons. The first-order valence-corrected chi connectivity index (χ1v) is 6.38. The van der Waals surface area contributed by atoms with Gasteiger partial charge in [-0.25, -0.2) is 20.8 Å². The van der Waals surface area contributed by atoms with Gasteiger partial charge in [0.05, 0.1) is 5.01 Å². The van der Waals surface area contributed by atoms with Crippen LogP contribution in [0.15, 0.2) is 11.4 Å². The monoisotopic (exact) mass is 249 g/mol. The summed E-state index contributed by atoms with van der Waals surface area (Å²) in [6.45, 7) is 4.08. The number of nitrogen functional groups attached to an aromatic ring is 1. The minimum atomic E-state index is 0.629. The Kier molecular flexibility index (Phi) is 3.65. The van der Waals surface area contributed by atoms with Crippen LogP contribution in [0.25, 0.3) is 11.5 Å². The molecule has 0 saturated heterocycles. The number of thiazole rings is 1. The van der Waals surface area contributed by atoms with Crippen LogP contribution < -0.4 is 11.3 Å². The lowest BCUT2D eigenvalue weighted by molar-refractivity contribution is 0.874. The molecule has 0 aliphatic heterocycles. The highest BCUT2D eigenvalue weighted by molar-refractivity contribution is 7.09. The van der Waals surface area contributed by atoms with Crippen molar-refractivity contribution in [2.24, 2.45) is 5.84 Å². The van der Waals surface area contributed by atoms with Crippen molar-refractivity contribution in [2.75, 3.05) is 5.43 Å². The van der Waals surface area contributed by atoms with Gasteiger partial charge in [0, 0.05) is 17.1 Å². The fraction of sp³-hybridized carbons (Fsp3) is 0.364. The van der Waals surface area contributed by atoms with Crippen molar-refractivity contribution in [3.8, 4) is 11.5 Å². The molecule has 2 aromatic rings. The maximum atomic E-state index is 5.41. The van der Waals surface area contributed by atoms with E-state index in [-0.39, 0.29) is 0 Å². The average Bonchev–Trinajstić information content (AvgIpc) is 2.76. The maximum Gasteiger partial charge on any atom is 0.181 e. The number of rotatable bonds is 4. The predicted molar refractivity (Wildman–Crippen MR) is 69.7 cm³/mol. The zero-order valence-electron chi connectivity index (χ0n) is 9.90. The Morgan fingerprint density at radius 2 is 2.18 bits per heavy atom. The molecule has 0 amide bonds. The second-order valence-electron chi connectivity index (χ2n) is 3.71. The quantitative estimate of drug-likeness (QED) is 0.641. The SMILES string of the molecule is CCCc1cc(NN)nc(-c2csc(C)n2)n1. The molecule has 2 aromatic heterocycles. The first kappa shape index (κ1) is 11.9. The molecule has 0 atom stereocenters. The summed E-state index contributed by atoms with van der Waals surface area (Å²) >= 11 is 1.59. The molecule has 2 rings (SSSR count). The van der Waals surface area contributed by atoms with Crippen molar-refractivity contribution in [1.82, 2.24) is 15.0 Å². The molecule has 0 aliphatic carbocycles. The van der Waals surface area contributed by atoms with Gasteiger partial charge in [0.2, 0.25) is 0 Å². The molecule has 2 heterocycles. The third kappa shape index (κ3) is 2.78. The fourth-order valence-electron chi connectivity index (χ4n) is 1.54. The van der Waals surface area contributed by atoms with Crippen molar-refractivity contribution in [2.45, 2.75) is 26.7 Å². The second kappa shape index (κ2) is 5.20. The molecule has 0 unspecified atom stereocenters. The first-order chi connectivity index (χ1) is 8.22. The maximum absolute atomic E-state index is 5.41. The molecular formula is C11H15N5S. The van der Waals surface area contributed by atoms with E-state index in [9.17, 15) is 0 Å². The fourth-order valence-corrected chi connectivity index (χ4v) is 2.13. The van der Waals surface area contributed by atoms with Crippen LogP contribution in [0.2, 0.25) is 0 Å². The van der Waals surface area contributed by atoms with Crippen LogP contribution in [0, 0.1) is 6.92 Å². The van der Waals surface area contributed by atoms with E-state index in [1.54, 1.807) is 11.3 Å². The molecule has 0 spiro atoms. The zero-order valence-corrected chi connectivity index (χ0v) is 10.7. The van der Waals surface area contributed by atoms with Crippen LogP contribution in [-0.4, -0.2) is 15.0 Å². The molecule has 0 fully saturated rings. The summed E-state index contributed by atoms with van der Waals surface area (Å²) in [4.78, 5) is 13.2. The number of anilines is 1. The Morgan fingerprint density at radius 1 is 1.35 bits per heavy atom. The summed E-state index contributed by atoms with van der Waals surface area (Å²) < 4.78 is 0. The van der Waals surface area contributed by atoms with E-state index in [0.29, 0.717) is 11.6 Å². The highest BCUT2D eigenvalue weighted by Gasteiger charge is 2.08. The Hall–Kier alpha value is -1.53. The van der Waals surface area contributed by atoms with E-state index in [2.05, 4.69) is 27.3 Å². The predicted octanol–water partition coefficient (Wildman–Crippen LogP) is 2.15. The van der Waals surface area contributed by atoms with Crippen LogP contribution in [0.1, 0.15) is 24.0 Å². The molecule has 0 bridgehead atoms. The van der Waals surface area contributed by atoms with Gasteiger partial charge >= 0.3 is 0 Å². The molecule has 0 aliphatic rings. The number of hydrogen-bond acceptors (Lipinski definition) is 6. The van der Waals surface area contributed by atoms with Gasteiger partial charge in [0.25, 0.3) is 0 Å². The minimum Gasteiger partial charge on any atom is -0.308 e. The second-order valence-corrected chi connectivity index (χ2v) is 4.78. The van der Waals surface area contributed by atoms with Gasteiger partial charge in [-0.15, -0.1) is 11.3 Å². The summed E-state index contributed by atoms with van der Waals surface area (Å²) in [5.74, 6) is 6.67. The van der Waals surface area contributed by atoms with E-state index in [0.717, 1.165) is 29.2 Å². The van der Waals surface area contributed by atoms with Crippen molar-refractivity contribution in [1.29, 1.82) is 0 Å². The molecule has 0 aromatic carbocycles. The van der Waals surface area contributed by atoms with E-state index >= 15 is 0 Å². The van der Waals surface area contributed by atoms with Crippen molar-refractivity contribution >= 4 is 17.2 Å². The number of hydrogen-bond donors (Lipinski definition) is 2. The summed E-state index contributed by atoms with van der Waals surface area (Å²) in [5.41, 5.74) is 4.36. The number of aromatic nitrogens is 3. The number of hydrazine groups is 1. The topological polar surface area (TPSA) is 76.7 Å². The average molecular weight is 249 g/mol. The van der Waals surface area contributed by atoms with Crippen LogP contribution in [0.3, 0.4) is 0 Å². The smallest absolute Gasteiger partial charge is 0.181 e. The third-order valence-corrected chi connectivity index (χ3v) is 3.05. The van der Waals surface area contributed by atoms with Crippen molar-refractivity contribution in [3.63, 3.8) is 0 Å². The Morgan fingerprint density at radius 3 is 2.76 bits per heavy atom. The molecule has 17 heavy (non-hydrogen) atoms. The van der Waals surface area contributed by atoms with Crippen LogP contribution in [-0.2, 0) is 6.42 Å². The lowest BCUT2D eigenvalue weighted by Crippen LogP contribution is -2.10. The van der Waals surface area contributed by atoms with Gasteiger partial charge in [-0.05, 0) is 13.3 Å². The largest absolute Gasteiger partial charge is 0.308 e. The van der Waals surface area contributed by atoms with E-state index in [1.807, 2.05) is 18.4 Å². The Bertz CT molecular complexity index is 508. The first-order valence-electron chi connectivity index (χ1n) is 5.50. The van der Waals surface area contributed by atoms with Crippen LogP contribution >= 0.6 is 11.3 Å². The lowest BCUT2D eigenvalue weighted by Gasteiger charge is -2.05. The molecule has 5 nitrogen and oxygen atoms in total. The highest BCUT2D eigenvalue weighted by atomic mass is 32.1. The summed E-state index contributed by atoms with van der Waals surface area (Å²) in [6.07, 6.45) is 1.95. The zero-order chi connectivity index (χ0) is 12.3. The van der Waals surface area contributed by atoms with E-state index < -0.39 is 0 Å². The minimum absolute atomic E-state index is 0.629. The van der Waals surface area contributed by atoms with Gasteiger partial charge in [0.1, 0.15) is 11.5 Å². The molecule has 0 radical (unpaired) electrons. The Labute approximate surface area is 104 Å². The number of nitrogens with one attached hydrogen (secondary N) is 1. The van der Waals surface area contributed by atoms with Gasteiger partial charge in [-0.2, -0.15) is 0 Å². The summed E-state index contributed by atoms with van der Waals surface area (Å²) in [6, 6.07) is 1.87. The number of aryl methyl sites for hydroxylation is 2. The van der Waals surface area contributed by atoms with Gasteiger partial charge < -0.3 is 5.43 Å². The molecular weight excluding hydrogens is 234 g/mol. The summed E-state index contributed by atoms with van der Waals surface area (Å²) in [7, 11) is 0. The van der Waals surface area contributed by atoms with Crippen LogP contribution in [0.5, 0.6) is 0 Å². The number of nitrogens with two attached hydrogens (primary N) is 1. The van der Waals surface area contributed by atoms with E-state index in [1.165, 1.54) is 0 Å². The van der Waals surface area contributed by atoms with Gasteiger partial charge in [-0.1, -0.05) is 13.3 Å². The van der Waals surface area contributed by atoms with Crippen LogP contribution in [0.4, 0.5) is 5.82 Å². The molecule has 6 heteroatoms. The highest BCUT2D eigenvalue weighted by Crippen LogP contribution is 2.20. The van der Waals surface area contributed by atoms with E-state index in [4.69, 9.17) is 5.84 Å². The Balaban J connectivity index is 2.42. The molecule has 0 saturated carbocycles.